The molecule has 2 fully saturated rings. The van der Waals surface area contributed by atoms with E-state index in [0.29, 0.717) is 22.4 Å². The summed E-state index contributed by atoms with van der Waals surface area (Å²) >= 11 is 0.916. The summed E-state index contributed by atoms with van der Waals surface area (Å²) < 4.78 is 10.9. The highest BCUT2D eigenvalue weighted by Gasteiger charge is 2.27. The Labute approximate surface area is 163 Å². The Hall–Kier alpha value is -2.19. The molecular formula is C19H25N3O4S. The number of ether oxygens (including phenoxy) is 2. The summed E-state index contributed by atoms with van der Waals surface area (Å²) in [6, 6.07) is 4.37. The molecule has 2 heterocycles. The molecule has 2 saturated heterocycles. The molecule has 0 radical (unpaired) electrons. The van der Waals surface area contributed by atoms with Crippen LogP contribution in [0.1, 0.15) is 18.4 Å². The minimum Gasteiger partial charge on any atom is -0.493 e. The van der Waals surface area contributed by atoms with E-state index >= 15 is 0 Å². The Kier molecular flexibility index (Phi) is 5.96. The van der Waals surface area contributed by atoms with Crippen molar-refractivity contribution in [2.24, 2.45) is 0 Å². The van der Waals surface area contributed by atoms with Crippen LogP contribution < -0.4 is 19.7 Å². The highest BCUT2D eigenvalue weighted by molar-refractivity contribution is 8.18. The number of hydrogen-bond acceptors (Lipinski definition) is 7. The average molecular weight is 391 g/mol. The van der Waals surface area contributed by atoms with Gasteiger partial charge in [-0.05, 0) is 50.8 Å². The number of nitrogens with one attached hydrogen (secondary N) is 1. The lowest BCUT2D eigenvalue weighted by molar-refractivity contribution is -0.115. The predicted molar refractivity (Wildman–Crippen MR) is 108 cm³/mol. The van der Waals surface area contributed by atoms with Crippen LogP contribution in [0.25, 0.3) is 6.08 Å². The Morgan fingerprint density at radius 3 is 2.30 bits per heavy atom. The molecule has 0 saturated carbocycles. The molecule has 3 rings (SSSR count). The maximum atomic E-state index is 12.0. The molecule has 146 valence electrons. The standard InChI is InChI=1S/C19H25N3O4S/c1-21(2)13-5-7-22(8-6-13)14-11-16(26-4)15(25-3)9-12(14)10-17-18(23)20-19(24)27-17/h9-11,13H,5-8H2,1-4H3,(H,20,23,24). The highest BCUT2D eigenvalue weighted by Crippen LogP contribution is 2.39. The first kappa shape index (κ1) is 19.6. The summed E-state index contributed by atoms with van der Waals surface area (Å²) in [5.74, 6) is 0.868. The number of thioether (sulfide) groups is 1. The third kappa shape index (κ3) is 4.22. The predicted octanol–water partition coefficient (Wildman–Crippen LogP) is 2.56. The number of amides is 2. The lowest BCUT2D eigenvalue weighted by Crippen LogP contribution is -2.42. The number of nitrogens with zero attached hydrogens (tertiary/aromatic N) is 2. The Morgan fingerprint density at radius 1 is 1.15 bits per heavy atom. The zero-order valence-electron chi connectivity index (χ0n) is 16.1. The molecule has 8 heteroatoms. The van der Waals surface area contributed by atoms with Crippen LogP contribution in [0.4, 0.5) is 10.5 Å². The van der Waals surface area contributed by atoms with Gasteiger partial charge in [-0.3, -0.25) is 14.9 Å². The summed E-state index contributed by atoms with van der Waals surface area (Å²) in [6.07, 6.45) is 3.87. The first-order valence-corrected chi connectivity index (χ1v) is 9.66. The number of methoxy groups -OCH3 is 2. The second-order valence-electron chi connectivity index (χ2n) is 6.80. The fourth-order valence-corrected chi connectivity index (χ4v) is 4.13. The SMILES string of the molecule is COc1cc(C=C2SC(=O)NC2=O)c(N2CCC(N(C)C)CC2)cc1OC. The lowest BCUT2D eigenvalue weighted by Gasteiger charge is -2.37. The zero-order valence-corrected chi connectivity index (χ0v) is 16.9. The number of imide groups is 1. The van der Waals surface area contributed by atoms with Crippen molar-refractivity contribution in [2.45, 2.75) is 18.9 Å². The van der Waals surface area contributed by atoms with Crippen molar-refractivity contribution in [1.82, 2.24) is 10.2 Å². The van der Waals surface area contributed by atoms with Crippen LogP contribution in [0.15, 0.2) is 17.0 Å². The first-order chi connectivity index (χ1) is 12.9. The van der Waals surface area contributed by atoms with Crippen molar-refractivity contribution in [1.29, 1.82) is 0 Å². The first-order valence-electron chi connectivity index (χ1n) is 8.85. The summed E-state index contributed by atoms with van der Waals surface area (Å²) in [6.45, 7) is 1.82. The average Bonchev–Trinajstić information content (AvgIpc) is 2.98. The van der Waals surface area contributed by atoms with Crippen molar-refractivity contribution >= 4 is 34.7 Å². The van der Waals surface area contributed by atoms with Gasteiger partial charge in [0.2, 0.25) is 0 Å². The maximum absolute atomic E-state index is 12.0. The minimum absolute atomic E-state index is 0.347. The number of rotatable bonds is 5. The van der Waals surface area contributed by atoms with Crippen LogP contribution in [0, 0.1) is 0 Å². The molecule has 1 aromatic rings. The van der Waals surface area contributed by atoms with Gasteiger partial charge in [-0.2, -0.15) is 0 Å². The fraction of sp³-hybridized carbons (Fsp3) is 0.474. The van der Waals surface area contributed by atoms with E-state index in [9.17, 15) is 9.59 Å². The van der Waals surface area contributed by atoms with E-state index in [1.807, 2.05) is 12.1 Å². The van der Waals surface area contributed by atoms with E-state index in [4.69, 9.17) is 9.47 Å². The third-order valence-corrected chi connectivity index (χ3v) is 5.81. The molecule has 2 amide bonds. The molecule has 0 spiro atoms. The molecule has 1 N–H and O–H groups in total. The van der Waals surface area contributed by atoms with Crippen LogP contribution >= 0.6 is 11.8 Å². The lowest BCUT2D eigenvalue weighted by atomic mass is 10.0. The van der Waals surface area contributed by atoms with Gasteiger partial charge in [0, 0.05) is 36.4 Å². The summed E-state index contributed by atoms with van der Waals surface area (Å²) in [5, 5.41) is 1.95. The van der Waals surface area contributed by atoms with Crippen molar-refractivity contribution in [2.75, 3.05) is 46.3 Å². The van der Waals surface area contributed by atoms with Gasteiger partial charge in [0.1, 0.15) is 0 Å². The third-order valence-electron chi connectivity index (χ3n) is 5.00. The van der Waals surface area contributed by atoms with Crippen LogP contribution in [-0.2, 0) is 4.79 Å². The van der Waals surface area contributed by atoms with Crippen LogP contribution in [0.2, 0.25) is 0 Å². The second-order valence-corrected chi connectivity index (χ2v) is 7.81. The molecule has 27 heavy (non-hydrogen) atoms. The Morgan fingerprint density at radius 2 is 1.78 bits per heavy atom. The topological polar surface area (TPSA) is 71.1 Å². The fourth-order valence-electron chi connectivity index (χ4n) is 3.46. The maximum Gasteiger partial charge on any atom is 0.290 e. The Bertz CT molecular complexity index is 770. The van der Waals surface area contributed by atoms with Gasteiger partial charge >= 0.3 is 0 Å². The molecule has 2 aliphatic heterocycles. The molecule has 0 aromatic heterocycles. The second kappa shape index (κ2) is 8.22. The van der Waals surface area contributed by atoms with E-state index in [2.05, 4.69) is 29.2 Å². The molecular weight excluding hydrogens is 366 g/mol. The van der Waals surface area contributed by atoms with E-state index < -0.39 is 0 Å². The molecule has 0 atom stereocenters. The Balaban J connectivity index is 1.97. The van der Waals surface area contributed by atoms with Gasteiger partial charge in [-0.25, -0.2) is 0 Å². The van der Waals surface area contributed by atoms with E-state index in [-0.39, 0.29) is 11.1 Å². The molecule has 2 aliphatic rings. The molecule has 7 nitrogen and oxygen atoms in total. The quantitative estimate of drug-likeness (QED) is 0.774. The van der Waals surface area contributed by atoms with Gasteiger partial charge in [0.15, 0.2) is 11.5 Å². The molecule has 1 aromatic carbocycles. The number of anilines is 1. The van der Waals surface area contributed by atoms with Crippen molar-refractivity contribution in [3.05, 3.63) is 22.6 Å². The summed E-state index contributed by atoms with van der Waals surface area (Å²) in [7, 11) is 7.41. The zero-order chi connectivity index (χ0) is 19.6. The minimum atomic E-state index is -0.364. The van der Waals surface area contributed by atoms with Gasteiger partial charge in [0.25, 0.3) is 11.1 Å². The van der Waals surface area contributed by atoms with Gasteiger partial charge in [-0.15, -0.1) is 0 Å². The van der Waals surface area contributed by atoms with Crippen LogP contribution in [0.3, 0.4) is 0 Å². The van der Waals surface area contributed by atoms with Crippen LogP contribution in [-0.4, -0.2) is 63.5 Å². The number of piperidine rings is 1. The number of hydrogen-bond donors (Lipinski definition) is 1. The normalized spacial score (nSPS) is 19.7. The summed E-state index contributed by atoms with van der Waals surface area (Å²) in [4.78, 5) is 28.4. The molecule has 0 aliphatic carbocycles. The van der Waals surface area contributed by atoms with Crippen molar-refractivity contribution in [3.8, 4) is 11.5 Å². The van der Waals surface area contributed by atoms with Gasteiger partial charge in [-0.1, -0.05) is 0 Å². The smallest absolute Gasteiger partial charge is 0.290 e. The number of carbonyl (C=O) groups excluding carboxylic acids is 2. The largest absolute Gasteiger partial charge is 0.493 e. The van der Waals surface area contributed by atoms with Gasteiger partial charge in [0.05, 0.1) is 19.1 Å². The van der Waals surface area contributed by atoms with E-state index in [1.54, 1.807) is 20.3 Å². The number of carbonyl (C=O) groups is 2. The summed E-state index contributed by atoms with van der Waals surface area (Å²) in [5.41, 5.74) is 1.81. The highest BCUT2D eigenvalue weighted by atomic mass is 32.2. The molecule has 0 unspecified atom stereocenters. The number of benzene rings is 1. The van der Waals surface area contributed by atoms with E-state index in [0.717, 1.165) is 48.9 Å². The van der Waals surface area contributed by atoms with Crippen LogP contribution in [0.5, 0.6) is 11.5 Å². The van der Waals surface area contributed by atoms with Gasteiger partial charge < -0.3 is 19.3 Å². The van der Waals surface area contributed by atoms with E-state index in [1.165, 1.54) is 0 Å². The van der Waals surface area contributed by atoms with Crippen molar-refractivity contribution in [3.63, 3.8) is 0 Å². The monoisotopic (exact) mass is 391 g/mol. The van der Waals surface area contributed by atoms with Crippen molar-refractivity contribution < 1.29 is 19.1 Å². The molecule has 0 bridgehead atoms.